The molecular formula is C42H48SiZr. The minimum absolute atomic E-state index is 0. The van der Waals surface area contributed by atoms with E-state index in [0.717, 1.165) is 9.52 Å². The SMILES string of the molecule is CCCCc1cc2c(-c3ccccc3C)cccc2[cH-]1.CCCCc1cc2c(-c3ccccc3C)cccc2[cH-]1.C[Si]C.[Zr+2]. The van der Waals surface area contributed by atoms with Gasteiger partial charge in [0.25, 0.3) is 0 Å². The van der Waals surface area contributed by atoms with Gasteiger partial charge in [-0.25, -0.2) is 0 Å². The molecule has 0 aliphatic heterocycles. The quantitative estimate of drug-likeness (QED) is 0.112. The van der Waals surface area contributed by atoms with E-state index < -0.39 is 0 Å². The molecule has 0 aliphatic carbocycles. The second kappa shape index (κ2) is 18.2. The molecule has 224 valence electrons. The van der Waals surface area contributed by atoms with Gasteiger partial charge in [-0.2, -0.15) is 12.1 Å². The van der Waals surface area contributed by atoms with E-state index in [2.05, 4.69) is 150 Å². The van der Waals surface area contributed by atoms with E-state index in [-0.39, 0.29) is 26.2 Å². The molecule has 0 amide bonds. The van der Waals surface area contributed by atoms with Crippen LogP contribution in [-0.4, -0.2) is 9.52 Å². The van der Waals surface area contributed by atoms with Crippen molar-refractivity contribution in [3.63, 3.8) is 0 Å². The molecule has 0 unspecified atom stereocenters. The number of benzene rings is 4. The first-order valence-electron chi connectivity index (χ1n) is 16.1. The van der Waals surface area contributed by atoms with Crippen molar-refractivity contribution in [1.29, 1.82) is 0 Å². The maximum Gasteiger partial charge on any atom is 2.00 e. The first-order valence-corrected chi connectivity index (χ1v) is 18.1. The van der Waals surface area contributed by atoms with Crippen LogP contribution in [0.25, 0.3) is 43.8 Å². The summed E-state index contributed by atoms with van der Waals surface area (Å²) in [5, 5.41) is 5.54. The second-order valence-corrected chi connectivity index (χ2v) is 12.7. The number of hydrogen-bond donors (Lipinski definition) is 0. The molecule has 0 saturated carbocycles. The van der Waals surface area contributed by atoms with Crippen LogP contribution in [0.15, 0.2) is 109 Å². The van der Waals surface area contributed by atoms with Gasteiger partial charge >= 0.3 is 26.2 Å². The van der Waals surface area contributed by atoms with E-state index in [1.807, 2.05) is 0 Å². The number of fused-ring (bicyclic) bond motifs is 2. The summed E-state index contributed by atoms with van der Waals surface area (Å²) in [6.45, 7) is 13.2. The van der Waals surface area contributed by atoms with E-state index in [9.17, 15) is 0 Å². The first kappa shape index (κ1) is 35.7. The molecule has 0 atom stereocenters. The number of rotatable bonds is 8. The fraction of sp³-hybridized carbons (Fsp3) is 0.286. The Balaban J connectivity index is 0.000000216. The van der Waals surface area contributed by atoms with Crippen molar-refractivity contribution in [2.75, 3.05) is 0 Å². The van der Waals surface area contributed by atoms with Crippen LogP contribution in [-0.2, 0) is 39.0 Å². The zero-order valence-corrected chi connectivity index (χ0v) is 31.1. The summed E-state index contributed by atoms with van der Waals surface area (Å²) in [7, 11) is 1.08. The summed E-state index contributed by atoms with van der Waals surface area (Å²) in [5.41, 5.74) is 11.1. The normalized spacial score (nSPS) is 10.5. The van der Waals surface area contributed by atoms with Gasteiger partial charge in [-0.15, -0.1) is 69.1 Å². The molecule has 6 aromatic rings. The smallest absolute Gasteiger partial charge is 0.164 e. The summed E-state index contributed by atoms with van der Waals surface area (Å²) in [6.07, 6.45) is 7.45. The molecule has 6 rings (SSSR count). The van der Waals surface area contributed by atoms with E-state index in [1.54, 1.807) is 0 Å². The number of unbranched alkanes of at least 4 members (excludes halogenated alkanes) is 2. The van der Waals surface area contributed by atoms with Crippen molar-refractivity contribution < 1.29 is 26.2 Å². The topological polar surface area (TPSA) is 0 Å². The molecule has 0 bridgehead atoms. The molecule has 0 aromatic heterocycles. The van der Waals surface area contributed by atoms with Gasteiger partial charge in [-0.3, -0.25) is 0 Å². The van der Waals surface area contributed by atoms with Crippen LogP contribution in [0, 0.1) is 13.8 Å². The van der Waals surface area contributed by atoms with E-state index in [0.29, 0.717) is 0 Å². The fourth-order valence-corrected chi connectivity index (χ4v) is 5.86. The Labute approximate surface area is 288 Å². The van der Waals surface area contributed by atoms with Crippen molar-refractivity contribution in [2.24, 2.45) is 0 Å². The third-order valence-electron chi connectivity index (χ3n) is 8.13. The van der Waals surface area contributed by atoms with Crippen LogP contribution in [0.5, 0.6) is 0 Å². The Bertz CT molecular complexity index is 1590. The molecule has 6 aromatic carbocycles. The number of aryl methyl sites for hydroxylation is 4. The summed E-state index contributed by atoms with van der Waals surface area (Å²) in [6, 6.07) is 40.1. The van der Waals surface area contributed by atoms with Crippen molar-refractivity contribution in [3.8, 4) is 22.3 Å². The predicted octanol–water partition coefficient (Wildman–Crippen LogP) is 12.5. The summed E-state index contributed by atoms with van der Waals surface area (Å²) >= 11 is 0. The minimum Gasteiger partial charge on any atom is -0.164 e. The average molecular weight is 672 g/mol. The van der Waals surface area contributed by atoms with Crippen LogP contribution in [0.4, 0.5) is 0 Å². The van der Waals surface area contributed by atoms with Gasteiger partial charge in [0, 0.05) is 9.52 Å². The molecule has 0 spiro atoms. The third-order valence-corrected chi connectivity index (χ3v) is 8.13. The molecule has 0 N–H and O–H groups in total. The van der Waals surface area contributed by atoms with Crippen molar-refractivity contribution in [1.82, 2.24) is 0 Å². The van der Waals surface area contributed by atoms with Crippen LogP contribution >= 0.6 is 0 Å². The van der Waals surface area contributed by atoms with Crippen molar-refractivity contribution in [3.05, 3.63) is 131 Å². The molecule has 2 radical (unpaired) electrons. The Morgan fingerprint density at radius 2 is 0.886 bits per heavy atom. The van der Waals surface area contributed by atoms with E-state index in [1.165, 1.54) is 105 Å². The monoisotopic (exact) mass is 670 g/mol. The minimum atomic E-state index is 0. The zero-order valence-electron chi connectivity index (χ0n) is 27.6. The van der Waals surface area contributed by atoms with Gasteiger partial charge < -0.3 is 0 Å². The van der Waals surface area contributed by atoms with Gasteiger partial charge in [0.15, 0.2) is 0 Å². The Morgan fingerprint density at radius 3 is 1.25 bits per heavy atom. The Kier molecular flexibility index (Phi) is 14.8. The predicted molar refractivity (Wildman–Crippen MR) is 194 cm³/mol. The van der Waals surface area contributed by atoms with Crippen LogP contribution in [0.2, 0.25) is 13.1 Å². The second-order valence-electron chi connectivity index (χ2n) is 11.7. The molecule has 0 heterocycles. The summed E-state index contributed by atoms with van der Waals surface area (Å²) < 4.78 is 0. The summed E-state index contributed by atoms with van der Waals surface area (Å²) in [4.78, 5) is 0. The van der Waals surface area contributed by atoms with Crippen molar-refractivity contribution in [2.45, 2.75) is 79.3 Å². The van der Waals surface area contributed by atoms with Crippen LogP contribution in [0.1, 0.15) is 61.8 Å². The third kappa shape index (κ3) is 9.12. The van der Waals surface area contributed by atoms with Gasteiger partial charge in [0.1, 0.15) is 0 Å². The van der Waals surface area contributed by atoms with E-state index in [4.69, 9.17) is 0 Å². The van der Waals surface area contributed by atoms with Gasteiger partial charge in [0.05, 0.1) is 0 Å². The maximum absolute atomic E-state index is 2.38. The molecular weight excluding hydrogens is 624 g/mol. The van der Waals surface area contributed by atoms with Gasteiger partial charge in [-0.05, 0) is 48.9 Å². The molecule has 44 heavy (non-hydrogen) atoms. The maximum atomic E-state index is 2.38. The number of hydrogen-bond acceptors (Lipinski definition) is 0. The molecule has 0 saturated heterocycles. The Morgan fingerprint density at radius 1 is 0.523 bits per heavy atom. The fourth-order valence-electron chi connectivity index (χ4n) is 5.86. The largest absolute Gasteiger partial charge is 2.00 e. The molecule has 0 fully saturated rings. The van der Waals surface area contributed by atoms with E-state index >= 15 is 0 Å². The van der Waals surface area contributed by atoms with Gasteiger partial charge in [0.2, 0.25) is 0 Å². The summed E-state index contributed by atoms with van der Waals surface area (Å²) in [5.74, 6) is 0. The van der Waals surface area contributed by atoms with Crippen LogP contribution in [0.3, 0.4) is 0 Å². The van der Waals surface area contributed by atoms with Gasteiger partial charge in [-0.1, -0.05) is 124 Å². The zero-order chi connectivity index (χ0) is 30.6. The molecule has 0 aliphatic rings. The molecule has 2 heteroatoms. The molecule has 0 nitrogen and oxygen atoms in total. The van der Waals surface area contributed by atoms with Crippen molar-refractivity contribution >= 4 is 31.1 Å². The first-order chi connectivity index (χ1) is 21.0. The average Bonchev–Trinajstić information content (AvgIpc) is 3.64. The standard InChI is InChI=1S/2C20H21.C2H6Si.Zr/c2*1-3-4-9-16-13-17-10-7-12-19(20(17)14-16)18-11-6-5-8-15(18)2;1-3-2;/h2*5-8,10-14H,3-4,9H2,1-2H3;1-2H3;/q2*-1;;+2. The Hall–Kier alpha value is -2.80. The van der Waals surface area contributed by atoms with Crippen LogP contribution < -0.4 is 0 Å².